The Bertz CT molecular complexity index is 601. The molecule has 0 fully saturated rings. The van der Waals surface area contributed by atoms with Gasteiger partial charge in [-0.15, -0.1) is 0 Å². The Kier molecular flexibility index (Phi) is 6.33. The molecule has 0 saturated carbocycles. The van der Waals surface area contributed by atoms with Gasteiger partial charge in [0.15, 0.2) is 9.84 Å². The van der Waals surface area contributed by atoms with Crippen LogP contribution in [0.4, 0.5) is 0 Å². The molecule has 7 heteroatoms. The zero-order valence-corrected chi connectivity index (χ0v) is 12.9. The van der Waals surface area contributed by atoms with Crippen LogP contribution in [0.25, 0.3) is 0 Å². The third kappa shape index (κ3) is 5.41. The molecule has 2 unspecified atom stereocenters. The molecule has 0 aliphatic rings. The molecule has 0 radical (unpaired) electrons. The van der Waals surface area contributed by atoms with Crippen molar-refractivity contribution in [2.45, 2.75) is 24.3 Å². The minimum absolute atomic E-state index is 0.0333. The summed E-state index contributed by atoms with van der Waals surface area (Å²) in [7, 11) is -4.63. The van der Waals surface area contributed by atoms with Crippen molar-refractivity contribution in [3.8, 4) is 6.07 Å². The summed E-state index contributed by atoms with van der Waals surface area (Å²) >= 11 is 0. The summed E-state index contributed by atoms with van der Waals surface area (Å²) in [5.74, 6) is 0.361. The summed E-state index contributed by atoms with van der Waals surface area (Å²) in [5, 5.41) is 8.66. The fourth-order valence-corrected chi connectivity index (χ4v) is 4.72. The van der Waals surface area contributed by atoms with Gasteiger partial charge in [-0.3, -0.25) is 4.21 Å². The smallest absolute Gasteiger partial charge is 0.179 e. The molecule has 2 N–H and O–H groups in total. The Morgan fingerprint density at radius 1 is 1.30 bits per heavy atom. The minimum atomic E-state index is -3.45. The normalized spacial score (nSPS) is 14.4. The monoisotopic (exact) mass is 314 g/mol. The van der Waals surface area contributed by atoms with Gasteiger partial charge in [0.25, 0.3) is 0 Å². The highest BCUT2D eigenvalue weighted by Crippen LogP contribution is 2.12. The molecule has 0 aliphatic carbocycles. The van der Waals surface area contributed by atoms with E-state index in [0.717, 1.165) is 0 Å². The lowest BCUT2D eigenvalue weighted by Gasteiger charge is -2.06. The van der Waals surface area contributed by atoms with Gasteiger partial charge < -0.3 is 5.73 Å². The first-order valence-electron chi connectivity index (χ1n) is 6.18. The first-order valence-corrected chi connectivity index (χ1v) is 9.32. The van der Waals surface area contributed by atoms with Gasteiger partial charge in [0.05, 0.1) is 22.3 Å². The van der Waals surface area contributed by atoms with E-state index in [1.54, 1.807) is 0 Å². The van der Waals surface area contributed by atoms with Crippen molar-refractivity contribution in [1.82, 2.24) is 0 Å². The number of rotatable bonds is 7. The topological polar surface area (TPSA) is 101 Å². The Morgan fingerprint density at radius 2 is 1.90 bits per heavy atom. The molecule has 0 bridgehead atoms. The van der Waals surface area contributed by atoms with Crippen LogP contribution in [0.1, 0.15) is 18.9 Å². The highest BCUT2D eigenvalue weighted by molar-refractivity contribution is 7.93. The lowest BCUT2D eigenvalue weighted by molar-refractivity contribution is 0.597. The molecule has 1 aromatic carbocycles. The summed E-state index contributed by atoms with van der Waals surface area (Å²) in [4.78, 5) is 0.153. The molecule has 110 valence electrons. The second-order valence-corrected chi connectivity index (χ2v) is 8.37. The van der Waals surface area contributed by atoms with Gasteiger partial charge in [0.1, 0.15) is 0 Å². The van der Waals surface area contributed by atoms with Crippen LogP contribution in [0.3, 0.4) is 0 Å². The molecule has 5 nitrogen and oxygen atoms in total. The summed E-state index contributed by atoms with van der Waals surface area (Å²) in [6.07, 6.45) is 0.615. The molecule has 0 spiro atoms. The van der Waals surface area contributed by atoms with Crippen molar-refractivity contribution in [1.29, 1.82) is 5.26 Å². The number of hydrogen-bond donors (Lipinski definition) is 1. The number of nitrogens with zero attached hydrogens (tertiary/aromatic N) is 1. The van der Waals surface area contributed by atoms with Crippen LogP contribution >= 0.6 is 0 Å². The maximum Gasteiger partial charge on any atom is 0.179 e. The first kappa shape index (κ1) is 16.8. The average molecular weight is 314 g/mol. The fourth-order valence-electron chi connectivity index (χ4n) is 1.48. The van der Waals surface area contributed by atoms with Crippen LogP contribution < -0.4 is 5.73 Å². The van der Waals surface area contributed by atoms with Gasteiger partial charge in [0, 0.05) is 28.3 Å². The van der Waals surface area contributed by atoms with Crippen LogP contribution in [0, 0.1) is 11.3 Å². The average Bonchev–Trinajstić information content (AvgIpc) is 2.43. The van der Waals surface area contributed by atoms with Crippen molar-refractivity contribution in [2.75, 3.05) is 17.3 Å². The first-order chi connectivity index (χ1) is 9.35. The number of sulfone groups is 1. The Morgan fingerprint density at radius 3 is 2.40 bits per heavy atom. The summed E-state index contributed by atoms with van der Waals surface area (Å²) < 4.78 is 35.7. The van der Waals surface area contributed by atoms with E-state index in [2.05, 4.69) is 0 Å². The van der Waals surface area contributed by atoms with E-state index in [9.17, 15) is 12.6 Å². The highest BCUT2D eigenvalue weighted by atomic mass is 32.2. The van der Waals surface area contributed by atoms with Gasteiger partial charge in [-0.2, -0.15) is 5.26 Å². The summed E-state index contributed by atoms with van der Waals surface area (Å²) in [5.41, 5.74) is 5.97. The second kappa shape index (κ2) is 7.53. The SMILES string of the molecule is CC(N)CCS(=O)CCS(=O)(=O)c1ccc(C#N)cc1. The van der Waals surface area contributed by atoms with Gasteiger partial charge in [-0.25, -0.2) is 8.42 Å². The quantitative estimate of drug-likeness (QED) is 0.803. The van der Waals surface area contributed by atoms with Gasteiger partial charge >= 0.3 is 0 Å². The largest absolute Gasteiger partial charge is 0.328 e. The molecule has 1 rings (SSSR count). The molecule has 2 atom stereocenters. The van der Waals surface area contributed by atoms with E-state index < -0.39 is 20.6 Å². The lowest BCUT2D eigenvalue weighted by atomic mass is 10.2. The van der Waals surface area contributed by atoms with E-state index in [0.29, 0.717) is 17.7 Å². The van der Waals surface area contributed by atoms with E-state index in [-0.39, 0.29) is 22.4 Å². The summed E-state index contributed by atoms with van der Waals surface area (Å²) in [6.45, 7) is 1.82. The zero-order valence-electron chi connectivity index (χ0n) is 11.3. The number of hydrogen-bond acceptors (Lipinski definition) is 5. The molecule has 1 aromatic rings. The van der Waals surface area contributed by atoms with Crippen molar-refractivity contribution in [3.05, 3.63) is 29.8 Å². The van der Waals surface area contributed by atoms with Crippen molar-refractivity contribution in [3.63, 3.8) is 0 Å². The van der Waals surface area contributed by atoms with E-state index >= 15 is 0 Å². The zero-order chi connectivity index (χ0) is 15.2. The van der Waals surface area contributed by atoms with Gasteiger partial charge in [-0.05, 0) is 37.6 Å². The maximum atomic E-state index is 12.0. The Labute approximate surface area is 122 Å². The van der Waals surface area contributed by atoms with E-state index in [4.69, 9.17) is 11.0 Å². The van der Waals surface area contributed by atoms with E-state index in [1.165, 1.54) is 24.3 Å². The van der Waals surface area contributed by atoms with Crippen LogP contribution in [0.5, 0.6) is 0 Å². The fraction of sp³-hybridized carbons (Fsp3) is 0.462. The standard InChI is InChI=1S/C13H18N2O3S2/c1-11(15)6-7-19(16)8-9-20(17,18)13-4-2-12(10-14)3-5-13/h2-5,11H,6-9,15H2,1H3. The lowest BCUT2D eigenvalue weighted by Crippen LogP contribution is -2.21. The van der Waals surface area contributed by atoms with Crippen LogP contribution in [-0.2, 0) is 20.6 Å². The Hall–Kier alpha value is -1.23. The van der Waals surface area contributed by atoms with Crippen LogP contribution in [0.15, 0.2) is 29.2 Å². The number of benzene rings is 1. The van der Waals surface area contributed by atoms with Crippen molar-refractivity contribution in [2.24, 2.45) is 5.73 Å². The predicted molar refractivity (Wildman–Crippen MR) is 79.4 cm³/mol. The predicted octanol–water partition coefficient (Wildman–Crippen LogP) is 0.818. The summed E-state index contributed by atoms with van der Waals surface area (Å²) in [6, 6.07) is 7.61. The molecule has 0 aromatic heterocycles. The molecule has 0 amide bonds. The van der Waals surface area contributed by atoms with Crippen molar-refractivity contribution < 1.29 is 12.6 Å². The molecule has 0 saturated heterocycles. The molecule has 0 aliphatic heterocycles. The third-order valence-corrected chi connectivity index (χ3v) is 6.06. The van der Waals surface area contributed by atoms with Crippen LogP contribution in [0.2, 0.25) is 0 Å². The molecular formula is C13H18N2O3S2. The van der Waals surface area contributed by atoms with Gasteiger partial charge in [0.2, 0.25) is 0 Å². The molecule has 0 heterocycles. The van der Waals surface area contributed by atoms with Gasteiger partial charge in [-0.1, -0.05) is 0 Å². The number of nitriles is 1. The Balaban J connectivity index is 2.61. The highest BCUT2D eigenvalue weighted by Gasteiger charge is 2.16. The van der Waals surface area contributed by atoms with Crippen LogP contribution in [-0.4, -0.2) is 35.9 Å². The molecular weight excluding hydrogens is 296 g/mol. The number of nitrogens with two attached hydrogens (primary N) is 1. The van der Waals surface area contributed by atoms with Crippen molar-refractivity contribution >= 4 is 20.6 Å². The van der Waals surface area contributed by atoms with E-state index in [1.807, 2.05) is 13.0 Å². The molecule has 20 heavy (non-hydrogen) atoms. The second-order valence-electron chi connectivity index (χ2n) is 4.57. The third-order valence-electron chi connectivity index (χ3n) is 2.72. The maximum absolute atomic E-state index is 12.0. The minimum Gasteiger partial charge on any atom is -0.328 e.